The summed E-state index contributed by atoms with van der Waals surface area (Å²) >= 11 is 0. The Balaban J connectivity index is 2.77. The van der Waals surface area contributed by atoms with Gasteiger partial charge in [0.25, 0.3) is 10.2 Å². The molecule has 0 saturated carbocycles. The summed E-state index contributed by atoms with van der Waals surface area (Å²) in [7, 11) is -2.07. The third kappa shape index (κ3) is 4.30. The molecular weight excluding hydrogens is 268 g/mol. The summed E-state index contributed by atoms with van der Waals surface area (Å²) in [5.74, 6) is -1.04. The number of carboxylic acid groups (broad SMARTS) is 1. The van der Waals surface area contributed by atoms with Crippen LogP contribution in [0.3, 0.4) is 0 Å². The van der Waals surface area contributed by atoms with Gasteiger partial charge in [-0.05, 0) is 31.5 Å². The molecule has 0 bridgehead atoms. The second-order valence-corrected chi connectivity index (χ2v) is 6.26. The predicted octanol–water partition coefficient (Wildman–Crippen LogP) is 1.06. The fraction of sp³-hybridized carbons (Fsp3) is 0.417. The Morgan fingerprint density at radius 1 is 1.42 bits per heavy atom. The summed E-state index contributed by atoms with van der Waals surface area (Å²) in [4.78, 5) is 10.8. The molecule has 0 radical (unpaired) electrons. The molecule has 1 aromatic carbocycles. The number of hydrogen-bond acceptors (Lipinski definition) is 3. The molecule has 0 heterocycles. The van der Waals surface area contributed by atoms with Crippen molar-refractivity contribution in [2.24, 2.45) is 0 Å². The van der Waals surface area contributed by atoms with Crippen molar-refractivity contribution in [2.75, 3.05) is 7.05 Å². The third-order valence-corrected chi connectivity index (χ3v) is 4.43. The number of carbonyl (C=O) groups is 1. The van der Waals surface area contributed by atoms with E-state index < -0.39 is 16.2 Å². The highest BCUT2D eigenvalue weighted by atomic mass is 32.2. The molecule has 0 unspecified atom stereocenters. The van der Waals surface area contributed by atoms with E-state index in [0.717, 1.165) is 0 Å². The van der Waals surface area contributed by atoms with E-state index in [4.69, 9.17) is 5.11 Å². The van der Waals surface area contributed by atoms with Gasteiger partial charge >= 0.3 is 5.97 Å². The van der Waals surface area contributed by atoms with Crippen LogP contribution >= 0.6 is 0 Å². The topological polar surface area (TPSA) is 86.7 Å². The van der Waals surface area contributed by atoms with Crippen LogP contribution in [0.1, 0.15) is 29.8 Å². The Kier molecular flexibility index (Phi) is 5.04. The lowest BCUT2D eigenvalue weighted by molar-refractivity contribution is 0.0696. The number of nitrogens with one attached hydrogen (secondary N) is 1. The molecule has 106 valence electrons. The SMILES string of the molecule is CC(C)N(C)S(=O)(=O)NCc1cccc(C(=O)O)c1. The molecule has 7 heteroatoms. The molecular formula is C12H18N2O4S. The van der Waals surface area contributed by atoms with Gasteiger partial charge in [-0.3, -0.25) is 0 Å². The van der Waals surface area contributed by atoms with Gasteiger partial charge in [-0.1, -0.05) is 12.1 Å². The van der Waals surface area contributed by atoms with Crippen molar-refractivity contribution in [3.8, 4) is 0 Å². The largest absolute Gasteiger partial charge is 0.478 e. The van der Waals surface area contributed by atoms with Gasteiger partial charge in [0.2, 0.25) is 0 Å². The first-order valence-corrected chi connectivity index (χ1v) is 7.23. The summed E-state index contributed by atoms with van der Waals surface area (Å²) in [6, 6.07) is 6.01. The molecule has 0 aliphatic heterocycles. The van der Waals surface area contributed by atoms with Gasteiger partial charge in [0, 0.05) is 19.6 Å². The van der Waals surface area contributed by atoms with Crippen LogP contribution < -0.4 is 4.72 Å². The van der Waals surface area contributed by atoms with E-state index in [1.807, 2.05) is 0 Å². The van der Waals surface area contributed by atoms with Crippen molar-refractivity contribution >= 4 is 16.2 Å². The number of hydrogen-bond donors (Lipinski definition) is 2. The molecule has 19 heavy (non-hydrogen) atoms. The number of benzene rings is 1. The lowest BCUT2D eigenvalue weighted by Gasteiger charge is -2.21. The Bertz CT molecular complexity index is 555. The van der Waals surface area contributed by atoms with Crippen LogP contribution in [0.5, 0.6) is 0 Å². The highest BCUT2D eigenvalue weighted by molar-refractivity contribution is 7.87. The normalized spacial score (nSPS) is 12.1. The Morgan fingerprint density at radius 2 is 2.05 bits per heavy atom. The van der Waals surface area contributed by atoms with E-state index in [-0.39, 0.29) is 18.2 Å². The van der Waals surface area contributed by atoms with E-state index in [1.165, 1.54) is 23.5 Å². The van der Waals surface area contributed by atoms with Crippen LogP contribution in [-0.4, -0.2) is 36.9 Å². The number of aromatic carboxylic acids is 1. The van der Waals surface area contributed by atoms with Crippen LogP contribution in [0.2, 0.25) is 0 Å². The quantitative estimate of drug-likeness (QED) is 0.818. The van der Waals surface area contributed by atoms with E-state index in [0.29, 0.717) is 5.56 Å². The molecule has 0 atom stereocenters. The molecule has 0 saturated heterocycles. The first-order chi connectivity index (χ1) is 8.74. The Hall–Kier alpha value is -1.44. The van der Waals surface area contributed by atoms with E-state index in [2.05, 4.69) is 4.72 Å². The number of nitrogens with zero attached hydrogens (tertiary/aromatic N) is 1. The van der Waals surface area contributed by atoms with Crippen LogP contribution in [0.15, 0.2) is 24.3 Å². The van der Waals surface area contributed by atoms with Gasteiger partial charge in [-0.25, -0.2) is 4.79 Å². The molecule has 0 aliphatic rings. The van der Waals surface area contributed by atoms with E-state index >= 15 is 0 Å². The average Bonchev–Trinajstić information content (AvgIpc) is 2.35. The predicted molar refractivity (Wildman–Crippen MR) is 72.1 cm³/mol. The van der Waals surface area contributed by atoms with Gasteiger partial charge in [0.05, 0.1) is 5.56 Å². The van der Waals surface area contributed by atoms with Gasteiger partial charge in [-0.2, -0.15) is 17.4 Å². The first kappa shape index (κ1) is 15.6. The second-order valence-electron chi connectivity index (χ2n) is 4.44. The molecule has 1 aromatic rings. The Morgan fingerprint density at radius 3 is 2.58 bits per heavy atom. The van der Waals surface area contributed by atoms with Crippen molar-refractivity contribution in [3.05, 3.63) is 35.4 Å². The third-order valence-electron chi connectivity index (χ3n) is 2.74. The molecule has 0 spiro atoms. The molecule has 0 aliphatic carbocycles. The monoisotopic (exact) mass is 286 g/mol. The number of rotatable bonds is 6. The molecule has 1 rings (SSSR count). The van der Waals surface area contributed by atoms with Crippen molar-refractivity contribution in [3.63, 3.8) is 0 Å². The van der Waals surface area contributed by atoms with Crippen molar-refractivity contribution in [1.82, 2.24) is 9.03 Å². The summed E-state index contributed by atoms with van der Waals surface area (Å²) in [6.07, 6.45) is 0. The summed E-state index contributed by atoms with van der Waals surface area (Å²) in [5.41, 5.74) is 0.731. The van der Waals surface area contributed by atoms with Crippen LogP contribution in [-0.2, 0) is 16.8 Å². The maximum atomic E-state index is 11.9. The van der Waals surface area contributed by atoms with Crippen molar-refractivity contribution in [1.29, 1.82) is 0 Å². The zero-order valence-corrected chi connectivity index (χ0v) is 11.9. The van der Waals surface area contributed by atoms with Gasteiger partial charge < -0.3 is 5.11 Å². The average molecular weight is 286 g/mol. The fourth-order valence-corrected chi connectivity index (χ4v) is 2.48. The molecule has 0 aromatic heterocycles. The molecule has 6 nitrogen and oxygen atoms in total. The molecule has 2 N–H and O–H groups in total. The highest BCUT2D eigenvalue weighted by Gasteiger charge is 2.19. The smallest absolute Gasteiger partial charge is 0.335 e. The Labute approximate surface area is 113 Å². The summed E-state index contributed by atoms with van der Waals surface area (Å²) < 4.78 is 27.4. The standard InChI is InChI=1S/C12H18N2O4S/c1-9(2)14(3)19(17,18)13-8-10-5-4-6-11(7-10)12(15)16/h4-7,9,13H,8H2,1-3H3,(H,15,16). The van der Waals surface area contributed by atoms with Gasteiger partial charge in [0.15, 0.2) is 0 Å². The zero-order chi connectivity index (χ0) is 14.6. The van der Waals surface area contributed by atoms with Crippen molar-refractivity contribution < 1.29 is 18.3 Å². The van der Waals surface area contributed by atoms with Gasteiger partial charge in [0.1, 0.15) is 0 Å². The lowest BCUT2D eigenvalue weighted by Crippen LogP contribution is -2.41. The van der Waals surface area contributed by atoms with Crippen LogP contribution in [0.4, 0.5) is 0 Å². The van der Waals surface area contributed by atoms with Crippen molar-refractivity contribution in [2.45, 2.75) is 26.4 Å². The molecule has 0 amide bonds. The first-order valence-electron chi connectivity index (χ1n) is 5.79. The summed E-state index contributed by atoms with van der Waals surface area (Å²) in [6.45, 7) is 3.59. The minimum atomic E-state index is -3.55. The zero-order valence-electron chi connectivity index (χ0n) is 11.1. The maximum absolute atomic E-state index is 11.9. The molecule has 0 fully saturated rings. The van der Waals surface area contributed by atoms with Crippen LogP contribution in [0, 0.1) is 0 Å². The van der Waals surface area contributed by atoms with E-state index in [1.54, 1.807) is 26.0 Å². The van der Waals surface area contributed by atoms with E-state index in [9.17, 15) is 13.2 Å². The highest BCUT2D eigenvalue weighted by Crippen LogP contribution is 2.07. The lowest BCUT2D eigenvalue weighted by atomic mass is 10.1. The van der Waals surface area contributed by atoms with Crippen LogP contribution in [0.25, 0.3) is 0 Å². The fourth-order valence-electron chi connectivity index (χ4n) is 1.37. The minimum Gasteiger partial charge on any atom is -0.478 e. The summed E-state index contributed by atoms with van der Waals surface area (Å²) in [5, 5.41) is 8.85. The second kappa shape index (κ2) is 6.14. The minimum absolute atomic E-state index is 0.0561. The van der Waals surface area contributed by atoms with Gasteiger partial charge in [-0.15, -0.1) is 0 Å². The maximum Gasteiger partial charge on any atom is 0.335 e. The number of carboxylic acids is 1.